The van der Waals surface area contributed by atoms with Crippen molar-refractivity contribution in [3.05, 3.63) is 54.2 Å². The number of carbonyl (C=O) groups excluding carboxylic acids is 1. The maximum Gasteiger partial charge on any atom is 0.241 e. The predicted molar refractivity (Wildman–Crippen MR) is 118 cm³/mol. The SMILES string of the molecule is CCCOc1cccc(-c2cn(CC(=O)NCCc3ccc(OC)c(OC)c3)nn2)c1. The Kier molecular flexibility index (Phi) is 7.86. The first kappa shape index (κ1) is 22.1. The summed E-state index contributed by atoms with van der Waals surface area (Å²) in [5.74, 6) is 2.02. The van der Waals surface area contributed by atoms with Crippen LogP contribution in [-0.2, 0) is 17.8 Å². The number of carbonyl (C=O) groups is 1. The summed E-state index contributed by atoms with van der Waals surface area (Å²) in [6, 6.07) is 13.4. The first-order chi connectivity index (χ1) is 15.1. The van der Waals surface area contributed by atoms with E-state index in [1.807, 2.05) is 42.5 Å². The van der Waals surface area contributed by atoms with Crippen LogP contribution in [0.5, 0.6) is 17.2 Å². The Hall–Kier alpha value is -3.55. The van der Waals surface area contributed by atoms with Crippen LogP contribution in [0.3, 0.4) is 0 Å². The minimum Gasteiger partial charge on any atom is -0.494 e. The van der Waals surface area contributed by atoms with Crippen molar-refractivity contribution in [1.82, 2.24) is 20.3 Å². The minimum atomic E-state index is -0.128. The highest BCUT2D eigenvalue weighted by Gasteiger charge is 2.09. The number of ether oxygens (including phenoxy) is 3. The topological polar surface area (TPSA) is 87.5 Å². The van der Waals surface area contributed by atoms with E-state index in [0.29, 0.717) is 36.8 Å². The second-order valence-electron chi connectivity index (χ2n) is 6.97. The molecule has 0 saturated carbocycles. The monoisotopic (exact) mass is 424 g/mol. The lowest BCUT2D eigenvalue weighted by Gasteiger charge is -2.10. The number of nitrogens with one attached hydrogen (secondary N) is 1. The van der Waals surface area contributed by atoms with Gasteiger partial charge in [-0.1, -0.05) is 30.3 Å². The van der Waals surface area contributed by atoms with E-state index in [1.54, 1.807) is 20.4 Å². The summed E-state index contributed by atoms with van der Waals surface area (Å²) in [5.41, 5.74) is 2.64. The number of nitrogens with zero attached hydrogens (tertiary/aromatic N) is 3. The Balaban J connectivity index is 1.51. The minimum absolute atomic E-state index is 0.102. The van der Waals surface area contributed by atoms with Crippen molar-refractivity contribution in [1.29, 1.82) is 0 Å². The van der Waals surface area contributed by atoms with Crippen LogP contribution in [0.15, 0.2) is 48.7 Å². The van der Waals surface area contributed by atoms with E-state index in [0.717, 1.165) is 23.3 Å². The van der Waals surface area contributed by atoms with Gasteiger partial charge in [0.05, 0.1) is 27.0 Å². The Morgan fingerprint density at radius 3 is 2.71 bits per heavy atom. The normalized spacial score (nSPS) is 10.5. The van der Waals surface area contributed by atoms with Crippen molar-refractivity contribution < 1.29 is 19.0 Å². The number of methoxy groups -OCH3 is 2. The summed E-state index contributed by atoms with van der Waals surface area (Å²) in [6.07, 6.45) is 3.38. The molecule has 1 N–H and O–H groups in total. The van der Waals surface area contributed by atoms with Crippen LogP contribution in [-0.4, -0.2) is 48.3 Å². The number of hydrogen-bond acceptors (Lipinski definition) is 6. The van der Waals surface area contributed by atoms with Crippen molar-refractivity contribution in [2.75, 3.05) is 27.4 Å². The standard InChI is InChI=1S/C23H28N4O4/c1-4-12-31-19-7-5-6-18(14-19)20-15-27(26-25-20)16-23(28)24-11-10-17-8-9-21(29-2)22(13-17)30-3/h5-9,13-15H,4,10-12,16H2,1-3H3,(H,24,28). The summed E-state index contributed by atoms with van der Waals surface area (Å²) in [6.45, 7) is 3.34. The quantitative estimate of drug-likeness (QED) is 0.509. The van der Waals surface area contributed by atoms with E-state index in [-0.39, 0.29) is 12.5 Å². The van der Waals surface area contributed by atoms with Crippen molar-refractivity contribution in [3.8, 4) is 28.5 Å². The molecule has 3 aromatic rings. The van der Waals surface area contributed by atoms with Crippen LogP contribution in [0.4, 0.5) is 0 Å². The molecule has 0 aliphatic heterocycles. The van der Waals surface area contributed by atoms with Gasteiger partial charge in [-0.15, -0.1) is 5.10 Å². The van der Waals surface area contributed by atoms with Crippen LogP contribution in [0.2, 0.25) is 0 Å². The molecule has 1 heterocycles. The van der Waals surface area contributed by atoms with Gasteiger partial charge in [-0.25, -0.2) is 4.68 Å². The van der Waals surface area contributed by atoms with E-state index in [9.17, 15) is 4.79 Å². The Morgan fingerprint density at radius 2 is 1.94 bits per heavy atom. The smallest absolute Gasteiger partial charge is 0.241 e. The molecule has 0 fully saturated rings. The van der Waals surface area contributed by atoms with Gasteiger partial charge in [0.15, 0.2) is 11.5 Å². The molecule has 0 radical (unpaired) electrons. The summed E-state index contributed by atoms with van der Waals surface area (Å²) in [7, 11) is 3.20. The fraction of sp³-hybridized carbons (Fsp3) is 0.348. The van der Waals surface area contributed by atoms with Crippen molar-refractivity contribution in [3.63, 3.8) is 0 Å². The van der Waals surface area contributed by atoms with Crippen molar-refractivity contribution >= 4 is 5.91 Å². The molecule has 0 unspecified atom stereocenters. The van der Waals surface area contributed by atoms with E-state index < -0.39 is 0 Å². The van der Waals surface area contributed by atoms with Gasteiger partial charge in [0.25, 0.3) is 0 Å². The number of rotatable bonds is 11. The zero-order chi connectivity index (χ0) is 22.1. The summed E-state index contributed by atoms with van der Waals surface area (Å²) in [4.78, 5) is 12.3. The van der Waals surface area contributed by atoms with Crippen LogP contribution >= 0.6 is 0 Å². The molecule has 31 heavy (non-hydrogen) atoms. The van der Waals surface area contributed by atoms with Crippen LogP contribution < -0.4 is 19.5 Å². The fourth-order valence-corrected chi connectivity index (χ4v) is 3.06. The molecule has 0 atom stereocenters. The van der Waals surface area contributed by atoms with Gasteiger partial charge in [-0.3, -0.25) is 4.79 Å². The first-order valence-electron chi connectivity index (χ1n) is 10.2. The van der Waals surface area contributed by atoms with Gasteiger partial charge in [-0.2, -0.15) is 0 Å². The van der Waals surface area contributed by atoms with Crippen LogP contribution in [0.1, 0.15) is 18.9 Å². The third-order valence-corrected chi connectivity index (χ3v) is 4.63. The lowest BCUT2D eigenvalue weighted by Crippen LogP contribution is -2.29. The number of aromatic nitrogens is 3. The molecule has 0 bridgehead atoms. The maximum atomic E-state index is 12.3. The molecular weight excluding hydrogens is 396 g/mol. The van der Waals surface area contributed by atoms with Gasteiger partial charge < -0.3 is 19.5 Å². The molecule has 2 aromatic carbocycles. The van der Waals surface area contributed by atoms with E-state index in [1.165, 1.54) is 4.68 Å². The molecule has 3 rings (SSSR count). The average molecular weight is 425 g/mol. The average Bonchev–Trinajstić information content (AvgIpc) is 3.26. The highest BCUT2D eigenvalue weighted by atomic mass is 16.5. The van der Waals surface area contributed by atoms with Gasteiger partial charge in [0, 0.05) is 12.1 Å². The second-order valence-corrected chi connectivity index (χ2v) is 6.97. The van der Waals surface area contributed by atoms with Crippen molar-refractivity contribution in [2.24, 2.45) is 0 Å². The molecule has 0 saturated heterocycles. The highest BCUT2D eigenvalue weighted by molar-refractivity contribution is 5.75. The zero-order valence-corrected chi connectivity index (χ0v) is 18.1. The van der Waals surface area contributed by atoms with Gasteiger partial charge in [0.2, 0.25) is 5.91 Å². The second kappa shape index (κ2) is 11.0. The van der Waals surface area contributed by atoms with Crippen LogP contribution in [0, 0.1) is 0 Å². The number of hydrogen-bond donors (Lipinski definition) is 1. The maximum absolute atomic E-state index is 12.3. The Bertz CT molecular complexity index is 1000. The zero-order valence-electron chi connectivity index (χ0n) is 18.1. The lowest BCUT2D eigenvalue weighted by atomic mass is 10.1. The molecule has 0 aliphatic rings. The Labute approximate surface area is 182 Å². The molecule has 8 nitrogen and oxygen atoms in total. The molecule has 0 aliphatic carbocycles. The van der Waals surface area contributed by atoms with Gasteiger partial charge >= 0.3 is 0 Å². The Morgan fingerprint density at radius 1 is 1.10 bits per heavy atom. The molecule has 1 aromatic heterocycles. The molecular formula is C23H28N4O4. The number of benzene rings is 2. The molecule has 164 valence electrons. The summed E-state index contributed by atoms with van der Waals surface area (Å²) >= 11 is 0. The lowest BCUT2D eigenvalue weighted by molar-refractivity contribution is -0.121. The van der Waals surface area contributed by atoms with E-state index in [4.69, 9.17) is 14.2 Å². The largest absolute Gasteiger partial charge is 0.494 e. The predicted octanol–water partition coefficient (Wildman–Crippen LogP) is 3.11. The fourth-order valence-electron chi connectivity index (χ4n) is 3.06. The first-order valence-corrected chi connectivity index (χ1v) is 10.2. The molecule has 0 spiro atoms. The summed E-state index contributed by atoms with van der Waals surface area (Å²) < 4.78 is 17.7. The molecule has 1 amide bonds. The van der Waals surface area contributed by atoms with Crippen molar-refractivity contribution in [2.45, 2.75) is 26.3 Å². The molecule has 8 heteroatoms. The summed E-state index contributed by atoms with van der Waals surface area (Å²) in [5, 5.41) is 11.2. The third-order valence-electron chi connectivity index (χ3n) is 4.63. The van der Waals surface area contributed by atoms with Gasteiger partial charge in [-0.05, 0) is 42.7 Å². The third kappa shape index (κ3) is 6.21. The van der Waals surface area contributed by atoms with E-state index in [2.05, 4.69) is 22.6 Å². The van der Waals surface area contributed by atoms with Crippen LogP contribution in [0.25, 0.3) is 11.3 Å². The van der Waals surface area contributed by atoms with Gasteiger partial charge in [0.1, 0.15) is 18.0 Å². The van der Waals surface area contributed by atoms with E-state index >= 15 is 0 Å². The number of amides is 1. The highest BCUT2D eigenvalue weighted by Crippen LogP contribution is 2.27.